The van der Waals surface area contributed by atoms with Gasteiger partial charge in [0.2, 0.25) is 0 Å². The number of nitrogens with zero attached hydrogens (tertiary/aromatic N) is 2. The average Bonchev–Trinajstić information content (AvgIpc) is 2.39. The van der Waals surface area contributed by atoms with E-state index in [1.165, 1.54) is 5.56 Å². The molecule has 0 aliphatic carbocycles. The Hall–Kier alpha value is -2.09. The summed E-state index contributed by atoms with van der Waals surface area (Å²) in [6, 6.07) is 18.3. The number of aryl methyl sites for hydroxylation is 1. The zero-order valence-corrected chi connectivity index (χ0v) is 10.2. The van der Waals surface area contributed by atoms with Gasteiger partial charge in [0.15, 0.2) is 0 Å². The molecule has 0 N–H and O–H groups in total. The van der Waals surface area contributed by atoms with Crippen LogP contribution in [0.15, 0.2) is 59.6 Å². The van der Waals surface area contributed by atoms with Crippen LogP contribution < -0.4 is 4.90 Å². The maximum atomic E-state index is 4.42. The molecule has 0 atom stereocenters. The summed E-state index contributed by atoms with van der Waals surface area (Å²) in [5.74, 6) is 0. The van der Waals surface area contributed by atoms with Gasteiger partial charge in [-0.3, -0.25) is 0 Å². The third-order valence-electron chi connectivity index (χ3n) is 2.58. The van der Waals surface area contributed by atoms with Crippen molar-refractivity contribution >= 4 is 17.7 Å². The van der Waals surface area contributed by atoms with E-state index >= 15 is 0 Å². The lowest BCUT2D eigenvalue weighted by Gasteiger charge is -2.12. The fourth-order valence-electron chi connectivity index (χ4n) is 1.51. The lowest BCUT2D eigenvalue weighted by molar-refractivity contribution is 1.28. The number of aliphatic imine (C=N–C) groups is 1. The Bertz CT molecular complexity index is 486. The molecule has 0 aliphatic heterocycles. The van der Waals surface area contributed by atoms with Crippen LogP contribution in [-0.2, 0) is 0 Å². The molecule has 0 spiro atoms. The van der Waals surface area contributed by atoms with Gasteiger partial charge in [0.05, 0.1) is 12.0 Å². The molecule has 2 aromatic rings. The van der Waals surface area contributed by atoms with Crippen LogP contribution in [-0.4, -0.2) is 13.4 Å². The highest BCUT2D eigenvalue weighted by Gasteiger charge is 1.94. The maximum Gasteiger partial charge on any atom is 0.0954 e. The van der Waals surface area contributed by atoms with Crippen molar-refractivity contribution in [1.82, 2.24) is 0 Å². The first-order chi connectivity index (χ1) is 8.25. The third kappa shape index (κ3) is 3.18. The molecule has 2 nitrogen and oxygen atoms in total. The predicted octanol–water partition coefficient (Wildman–Crippen LogP) is 3.79. The number of para-hydroxylation sites is 1. The Morgan fingerprint density at radius 3 is 2.24 bits per heavy atom. The zero-order valence-electron chi connectivity index (χ0n) is 10.2. The van der Waals surface area contributed by atoms with E-state index < -0.39 is 0 Å². The van der Waals surface area contributed by atoms with Crippen molar-refractivity contribution in [3.8, 4) is 0 Å². The van der Waals surface area contributed by atoms with Crippen LogP contribution in [0.1, 0.15) is 5.56 Å². The van der Waals surface area contributed by atoms with E-state index in [1.54, 1.807) is 0 Å². The number of anilines is 1. The van der Waals surface area contributed by atoms with Gasteiger partial charge in [-0.25, -0.2) is 4.99 Å². The Morgan fingerprint density at radius 2 is 1.59 bits per heavy atom. The molecule has 0 amide bonds. The van der Waals surface area contributed by atoms with Crippen molar-refractivity contribution in [3.63, 3.8) is 0 Å². The normalized spacial score (nSPS) is 10.7. The Morgan fingerprint density at radius 1 is 0.941 bits per heavy atom. The van der Waals surface area contributed by atoms with Crippen molar-refractivity contribution < 1.29 is 0 Å². The van der Waals surface area contributed by atoms with Gasteiger partial charge in [-0.2, -0.15) is 0 Å². The van der Waals surface area contributed by atoms with Gasteiger partial charge >= 0.3 is 0 Å². The van der Waals surface area contributed by atoms with E-state index in [-0.39, 0.29) is 0 Å². The minimum absolute atomic E-state index is 0.971. The molecular weight excluding hydrogens is 208 g/mol. The van der Waals surface area contributed by atoms with Gasteiger partial charge in [-0.1, -0.05) is 35.9 Å². The fraction of sp³-hybridized carbons (Fsp3) is 0.133. The molecule has 0 heterocycles. The van der Waals surface area contributed by atoms with Crippen molar-refractivity contribution in [2.24, 2.45) is 4.99 Å². The summed E-state index contributed by atoms with van der Waals surface area (Å²) in [4.78, 5) is 6.42. The number of rotatable bonds is 3. The quantitative estimate of drug-likeness (QED) is 0.572. The van der Waals surface area contributed by atoms with Gasteiger partial charge in [-0.15, -0.1) is 0 Å². The van der Waals surface area contributed by atoms with Crippen LogP contribution in [0.3, 0.4) is 0 Å². The summed E-state index contributed by atoms with van der Waals surface area (Å²) in [6.07, 6.45) is 1.83. The van der Waals surface area contributed by atoms with Gasteiger partial charge in [0.25, 0.3) is 0 Å². The molecule has 2 rings (SSSR count). The van der Waals surface area contributed by atoms with Crippen LogP contribution in [0, 0.1) is 6.92 Å². The zero-order chi connectivity index (χ0) is 12.1. The molecule has 0 radical (unpaired) electrons. The topological polar surface area (TPSA) is 15.6 Å². The highest BCUT2D eigenvalue weighted by atomic mass is 15.1. The first-order valence-electron chi connectivity index (χ1n) is 5.64. The van der Waals surface area contributed by atoms with E-state index in [4.69, 9.17) is 0 Å². The van der Waals surface area contributed by atoms with Crippen molar-refractivity contribution in [1.29, 1.82) is 0 Å². The van der Waals surface area contributed by atoms with Gasteiger partial charge in [0, 0.05) is 12.7 Å². The second-order valence-electron chi connectivity index (χ2n) is 4.03. The lowest BCUT2D eigenvalue weighted by atomic mass is 10.2. The largest absolute Gasteiger partial charge is 0.336 e. The van der Waals surface area contributed by atoms with Crippen molar-refractivity contribution in [3.05, 3.63) is 60.2 Å². The molecule has 0 saturated carbocycles. The van der Waals surface area contributed by atoms with Crippen LogP contribution in [0.25, 0.3) is 0 Å². The molecule has 0 aromatic heterocycles. The van der Waals surface area contributed by atoms with E-state index in [2.05, 4.69) is 36.2 Å². The SMILES string of the molecule is Cc1ccc(N=CN(C)c2ccccc2)cc1. The first-order valence-corrected chi connectivity index (χ1v) is 5.64. The van der Waals surface area contributed by atoms with E-state index in [1.807, 2.05) is 48.6 Å². The van der Waals surface area contributed by atoms with Crippen LogP contribution >= 0.6 is 0 Å². The van der Waals surface area contributed by atoms with Crippen LogP contribution in [0.5, 0.6) is 0 Å². The summed E-state index contributed by atoms with van der Waals surface area (Å²) in [7, 11) is 1.99. The van der Waals surface area contributed by atoms with E-state index in [0.717, 1.165) is 11.4 Å². The van der Waals surface area contributed by atoms with Crippen LogP contribution in [0.4, 0.5) is 11.4 Å². The second kappa shape index (κ2) is 5.30. The molecule has 17 heavy (non-hydrogen) atoms. The summed E-state index contributed by atoms with van der Waals surface area (Å²) >= 11 is 0. The monoisotopic (exact) mass is 224 g/mol. The molecule has 0 saturated heterocycles. The summed E-state index contributed by atoms with van der Waals surface area (Å²) in [5.41, 5.74) is 3.35. The Labute approximate surface area is 102 Å². The summed E-state index contributed by atoms with van der Waals surface area (Å²) in [5, 5.41) is 0. The molecular formula is C15H16N2. The Balaban J connectivity index is 2.08. The molecule has 0 fully saturated rings. The van der Waals surface area contributed by atoms with Crippen LogP contribution in [0.2, 0.25) is 0 Å². The van der Waals surface area contributed by atoms with Gasteiger partial charge in [0.1, 0.15) is 0 Å². The number of benzene rings is 2. The molecule has 0 unspecified atom stereocenters. The minimum atomic E-state index is 0.971. The van der Waals surface area contributed by atoms with E-state index in [9.17, 15) is 0 Å². The molecule has 0 bridgehead atoms. The molecule has 86 valence electrons. The molecule has 2 heteroatoms. The second-order valence-corrected chi connectivity index (χ2v) is 4.03. The summed E-state index contributed by atoms with van der Waals surface area (Å²) in [6.45, 7) is 2.07. The third-order valence-corrected chi connectivity index (χ3v) is 2.58. The molecule has 0 aliphatic rings. The van der Waals surface area contributed by atoms with Gasteiger partial charge < -0.3 is 4.90 Å². The standard InChI is InChI=1S/C15H16N2/c1-13-8-10-14(11-9-13)16-12-17(2)15-6-4-3-5-7-15/h3-12H,1-2H3. The fourth-order valence-corrected chi connectivity index (χ4v) is 1.51. The number of hydrogen-bond donors (Lipinski definition) is 0. The maximum absolute atomic E-state index is 4.42. The number of hydrogen-bond acceptors (Lipinski definition) is 1. The lowest BCUT2D eigenvalue weighted by Crippen LogP contribution is -2.13. The smallest absolute Gasteiger partial charge is 0.0954 e. The minimum Gasteiger partial charge on any atom is -0.336 e. The highest BCUT2D eigenvalue weighted by molar-refractivity contribution is 5.80. The van der Waals surface area contributed by atoms with Gasteiger partial charge in [-0.05, 0) is 31.2 Å². The van der Waals surface area contributed by atoms with Crippen molar-refractivity contribution in [2.75, 3.05) is 11.9 Å². The summed E-state index contributed by atoms with van der Waals surface area (Å²) < 4.78 is 0. The predicted molar refractivity (Wildman–Crippen MR) is 74.2 cm³/mol. The van der Waals surface area contributed by atoms with Crippen molar-refractivity contribution in [2.45, 2.75) is 6.92 Å². The molecule has 2 aromatic carbocycles. The van der Waals surface area contributed by atoms with E-state index in [0.29, 0.717) is 0 Å². The highest BCUT2D eigenvalue weighted by Crippen LogP contribution is 2.13. The Kier molecular flexibility index (Phi) is 3.55. The first kappa shape index (κ1) is 11.4. The average molecular weight is 224 g/mol.